The van der Waals surface area contributed by atoms with Crippen molar-refractivity contribution in [3.63, 3.8) is 0 Å². The number of likely N-dealkylation sites (N-methyl/N-ethyl adjacent to an activating group) is 1. The van der Waals surface area contributed by atoms with Gasteiger partial charge in [0.05, 0.1) is 24.9 Å². The van der Waals surface area contributed by atoms with Crippen molar-refractivity contribution < 1.29 is 24.2 Å². The molecule has 1 aliphatic heterocycles. The van der Waals surface area contributed by atoms with Gasteiger partial charge in [0, 0.05) is 20.2 Å². The Morgan fingerprint density at radius 1 is 1.43 bits per heavy atom. The predicted molar refractivity (Wildman–Crippen MR) is 75.1 cm³/mol. The van der Waals surface area contributed by atoms with Crippen LogP contribution in [0.3, 0.4) is 0 Å². The minimum absolute atomic E-state index is 0.159. The minimum atomic E-state index is -0.920. The van der Waals surface area contributed by atoms with Gasteiger partial charge >= 0.3 is 12.0 Å². The number of ether oxygens (including phenoxy) is 2. The lowest BCUT2D eigenvalue weighted by Gasteiger charge is -2.41. The summed E-state index contributed by atoms with van der Waals surface area (Å²) < 4.78 is 10.7. The number of aliphatic carboxylic acids is 1. The van der Waals surface area contributed by atoms with Gasteiger partial charge in [-0.25, -0.2) is 4.79 Å². The first kappa shape index (κ1) is 16.0. The number of amides is 2. The van der Waals surface area contributed by atoms with Gasteiger partial charge < -0.3 is 24.8 Å². The third-order valence-corrected chi connectivity index (χ3v) is 4.63. The number of urea groups is 1. The topological polar surface area (TPSA) is 88.1 Å². The summed E-state index contributed by atoms with van der Waals surface area (Å²) in [6, 6.07) is -0.657. The molecule has 2 fully saturated rings. The van der Waals surface area contributed by atoms with E-state index in [2.05, 4.69) is 5.32 Å². The maximum Gasteiger partial charge on any atom is 0.317 e. The van der Waals surface area contributed by atoms with Crippen LogP contribution in [0.1, 0.15) is 26.2 Å². The number of hydrogen-bond donors (Lipinski definition) is 2. The molecule has 2 unspecified atom stereocenters. The van der Waals surface area contributed by atoms with Gasteiger partial charge in [-0.3, -0.25) is 4.79 Å². The molecule has 0 aromatic heterocycles. The highest BCUT2D eigenvalue weighted by Crippen LogP contribution is 2.34. The van der Waals surface area contributed by atoms with E-state index in [1.165, 1.54) is 0 Å². The Labute approximate surface area is 124 Å². The van der Waals surface area contributed by atoms with Crippen molar-refractivity contribution in [3.05, 3.63) is 0 Å². The SMILES string of the molecule is CCN(C(=O)NCC1(OC)CCC1)C1COCC1C(=O)O. The Bertz CT molecular complexity index is 391. The minimum Gasteiger partial charge on any atom is -0.481 e. The number of carbonyl (C=O) groups is 2. The van der Waals surface area contributed by atoms with E-state index in [1.54, 1.807) is 12.0 Å². The standard InChI is InChI=1S/C14H24N2O5/c1-3-16(11-8-21-7-10(11)12(17)18)13(19)15-9-14(20-2)5-4-6-14/h10-11H,3-9H2,1-2H3,(H,15,19)(H,17,18). The van der Waals surface area contributed by atoms with Crippen molar-refractivity contribution >= 4 is 12.0 Å². The van der Waals surface area contributed by atoms with Gasteiger partial charge in [-0.1, -0.05) is 0 Å². The zero-order valence-corrected chi connectivity index (χ0v) is 12.6. The first-order valence-corrected chi connectivity index (χ1v) is 7.43. The molecule has 1 saturated heterocycles. The second-order valence-corrected chi connectivity index (χ2v) is 5.73. The molecule has 0 spiro atoms. The molecule has 2 amide bonds. The highest BCUT2D eigenvalue weighted by Gasteiger charge is 2.41. The van der Waals surface area contributed by atoms with E-state index in [1.807, 2.05) is 6.92 Å². The van der Waals surface area contributed by atoms with Crippen LogP contribution in [0, 0.1) is 5.92 Å². The van der Waals surface area contributed by atoms with E-state index >= 15 is 0 Å². The number of nitrogens with one attached hydrogen (secondary N) is 1. The molecule has 2 rings (SSSR count). The second kappa shape index (κ2) is 6.62. The van der Waals surface area contributed by atoms with Crippen molar-refractivity contribution in [1.82, 2.24) is 10.2 Å². The van der Waals surface area contributed by atoms with Crippen LogP contribution in [0.15, 0.2) is 0 Å². The van der Waals surface area contributed by atoms with Crippen LogP contribution in [0.2, 0.25) is 0 Å². The molecule has 7 nitrogen and oxygen atoms in total. The maximum atomic E-state index is 12.3. The van der Waals surface area contributed by atoms with E-state index in [0.29, 0.717) is 13.1 Å². The van der Waals surface area contributed by atoms with Gasteiger partial charge in [-0.05, 0) is 26.2 Å². The Morgan fingerprint density at radius 2 is 2.14 bits per heavy atom. The van der Waals surface area contributed by atoms with Gasteiger partial charge in [0.2, 0.25) is 0 Å². The molecular weight excluding hydrogens is 276 g/mol. The number of nitrogens with zero attached hydrogens (tertiary/aromatic N) is 1. The molecular formula is C14H24N2O5. The molecule has 2 aliphatic rings. The van der Waals surface area contributed by atoms with Crippen LogP contribution >= 0.6 is 0 Å². The summed E-state index contributed by atoms with van der Waals surface area (Å²) in [5.41, 5.74) is -0.243. The van der Waals surface area contributed by atoms with Gasteiger partial charge in [0.25, 0.3) is 0 Å². The van der Waals surface area contributed by atoms with E-state index in [-0.39, 0.29) is 24.8 Å². The fourth-order valence-corrected chi connectivity index (χ4v) is 2.98. The molecule has 0 bridgehead atoms. The zero-order chi connectivity index (χ0) is 15.5. The summed E-state index contributed by atoms with van der Waals surface area (Å²) in [7, 11) is 1.66. The van der Waals surface area contributed by atoms with Gasteiger partial charge in [-0.15, -0.1) is 0 Å². The number of carbonyl (C=O) groups excluding carboxylic acids is 1. The Morgan fingerprint density at radius 3 is 2.62 bits per heavy atom. The van der Waals surface area contributed by atoms with Crippen molar-refractivity contribution in [2.75, 3.05) is 33.4 Å². The normalized spacial score (nSPS) is 27.0. The molecule has 7 heteroatoms. The quantitative estimate of drug-likeness (QED) is 0.753. The highest BCUT2D eigenvalue weighted by molar-refractivity contribution is 5.77. The molecule has 2 N–H and O–H groups in total. The summed E-state index contributed by atoms with van der Waals surface area (Å²) in [6.45, 7) is 3.18. The first-order valence-electron chi connectivity index (χ1n) is 7.43. The van der Waals surface area contributed by atoms with Crippen molar-refractivity contribution in [2.45, 2.75) is 37.8 Å². The molecule has 1 saturated carbocycles. The molecule has 0 aromatic carbocycles. The summed E-state index contributed by atoms with van der Waals surface area (Å²) in [5, 5.41) is 12.1. The summed E-state index contributed by atoms with van der Waals surface area (Å²) >= 11 is 0. The molecule has 0 radical (unpaired) electrons. The molecule has 120 valence electrons. The summed E-state index contributed by atoms with van der Waals surface area (Å²) in [6.07, 6.45) is 3.00. The first-order chi connectivity index (χ1) is 10.0. The Balaban J connectivity index is 1.93. The number of methoxy groups -OCH3 is 1. The number of carboxylic acid groups (broad SMARTS) is 1. The molecule has 1 aliphatic carbocycles. The van der Waals surface area contributed by atoms with E-state index < -0.39 is 17.9 Å². The van der Waals surface area contributed by atoms with E-state index in [4.69, 9.17) is 9.47 Å². The highest BCUT2D eigenvalue weighted by atomic mass is 16.5. The number of hydrogen-bond acceptors (Lipinski definition) is 4. The molecule has 1 heterocycles. The van der Waals surface area contributed by atoms with Crippen LogP contribution in [0.5, 0.6) is 0 Å². The van der Waals surface area contributed by atoms with Crippen molar-refractivity contribution in [3.8, 4) is 0 Å². The average molecular weight is 300 g/mol. The lowest BCUT2D eigenvalue weighted by atomic mass is 9.80. The predicted octanol–water partition coefficient (Wildman–Crippen LogP) is 0.687. The van der Waals surface area contributed by atoms with E-state index in [0.717, 1.165) is 19.3 Å². The van der Waals surface area contributed by atoms with Crippen LogP contribution in [0.25, 0.3) is 0 Å². The van der Waals surface area contributed by atoms with Crippen LogP contribution < -0.4 is 5.32 Å². The second-order valence-electron chi connectivity index (χ2n) is 5.73. The fraction of sp³-hybridized carbons (Fsp3) is 0.857. The summed E-state index contributed by atoms with van der Waals surface area (Å²) in [5.74, 6) is -1.58. The van der Waals surface area contributed by atoms with Crippen molar-refractivity contribution in [2.24, 2.45) is 5.92 Å². The molecule has 21 heavy (non-hydrogen) atoms. The average Bonchev–Trinajstić information content (AvgIpc) is 2.88. The van der Waals surface area contributed by atoms with Gasteiger partial charge in [0.15, 0.2) is 0 Å². The summed E-state index contributed by atoms with van der Waals surface area (Å²) in [4.78, 5) is 25.1. The Kier molecular flexibility index (Phi) is 5.05. The van der Waals surface area contributed by atoms with Crippen molar-refractivity contribution in [1.29, 1.82) is 0 Å². The van der Waals surface area contributed by atoms with Crippen LogP contribution in [-0.2, 0) is 14.3 Å². The van der Waals surface area contributed by atoms with Gasteiger partial charge in [0.1, 0.15) is 5.92 Å². The fourth-order valence-electron chi connectivity index (χ4n) is 2.98. The van der Waals surface area contributed by atoms with Gasteiger partial charge in [-0.2, -0.15) is 0 Å². The molecule has 0 aromatic rings. The third kappa shape index (κ3) is 3.29. The van der Waals surface area contributed by atoms with Crippen LogP contribution in [0.4, 0.5) is 4.79 Å². The lowest BCUT2D eigenvalue weighted by molar-refractivity contribution is -0.142. The third-order valence-electron chi connectivity index (χ3n) is 4.63. The lowest BCUT2D eigenvalue weighted by Crippen LogP contribution is -2.55. The van der Waals surface area contributed by atoms with E-state index in [9.17, 15) is 14.7 Å². The Hall–Kier alpha value is -1.34. The largest absolute Gasteiger partial charge is 0.481 e. The smallest absolute Gasteiger partial charge is 0.317 e. The number of rotatable bonds is 6. The van der Waals surface area contributed by atoms with Crippen LogP contribution in [-0.4, -0.2) is 67.1 Å². The number of carboxylic acids is 1. The monoisotopic (exact) mass is 300 g/mol. The zero-order valence-electron chi connectivity index (χ0n) is 12.6. The molecule has 2 atom stereocenters. The maximum absolute atomic E-state index is 12.3.